The average Bonchev–Trinajstić information content (AvgIpc) is 3.57. The number of likely N-dealkylation sites (tertiary alicyclic amines) is 1. The summed E-state index contributed by atoms with van der Waals surface area (Å²) in [4.78, 5) is 66.1. The zero-order valence-corrected chi connectivity index (χ0v) is 26.9. The largest absolute Gasteiger partial charge is 0.370 e. The molecule has 1 aliphatic heterocycles. The number of nitrogens with zero attached hydrogens (tertiary/aromatic N) is 2. The third kappa shape index (κ3) is 10.5. The maximum absolute atomic E-state index is 13.8. The summed E-state index contributed by atoms with van der Waals surface area (Å²) in [6.45, 7) is 0.671. The number of guanidine groups is 1. The van der Waals surface area contributed by atoms with Crippen molar-refractivity contribution in [3.05, 3.63) is 106 Å². The number of nitrogens with one attached hydrogen (secondary N) is 5. The van der Waals surface area contributed by atoms with Gasteiger partial charge in [0.1, 0.15) is 18.1 Å². The van der Waals surface area contributed by atoms with E-state index in [1.807, 2.05) is 30.3 Å². The number of carbonyl (C=O) groups is 4. The lowest BCUT2D eigenvalue weighted by Crippen LogP contribution is -2.56. The molecule has 0 saturated carbocycles. The van der Waals surface area contributed by atoms with Crippen LogP contribution in [0.2, 0.25) is 0 Å². The molecular formula is C33H39ClN8O6. The molecule has 0 aliphatic carbocycles. The number of carbonyl (C=O) groups excluding carboxylic acids is 4. The van der Waals surface area contributed by atoms with E-state index in [9.17, 15) is 29.3 Å². The van der Waals surface area contributed by atoms with Crippen LogP contribution in [0.3, 0.4) is 0 Å². The zero-order chi connectivity index (χ0) is 33.8. The van der Waals surface area contributed by atoms with Crippen molar-refractivity contribution in [2.24, 2.45) is 5.73 Å². The summed E-state index contributed by atoms with van der Waals surface area (Å²) >= 11 is 0. The van der Waals surface area contributed by atoms with Crippen LogP contribution in [0.4, 0.5) is 11.4 Å². The number of hydrogen-bond acceptors (Lipinski definition) is 7. The van der Waals surface area contributed by atoms with Gasteiger partial charge in [-0.05, 0) is 55.5 Å². The van der Waals surface area contributed by atoms with Crippen molar-refractivity contribution in [1.82, 2.24) is 20.9 Å². The van der Waals surface area contributed by atoms with Crippen molar-refractivity contribution < 1.29 is 24.1 Å². The third-order valence-corrected chi connectivity index (χ3v) is 7.72. The molecule has 0 unspecified atom stereocenters. The van der Waals surface area contributed by atoms with Crippen molar-refractivity contribution in [1.29, 1.82) is 5.41 Å². The predicted molar refractivity (Wildman–Crippen MR) is 183 cm³/mol. The number of hydrogen-bond donors (Lipinski definition) is 6. The fraction of sp³-hybridized carbons (Fsp3) is 0.303. The first-order valence-corrected chi connectivity index (χ1v) is 15.3. The maximum Gasteiger partial charge on any atom is 0.269 e. The second-order valence-corrected chi connectivity index (χ2v) is 11.1. The Hall–Kier alpha value is -5.50. The molecule has 14 nitrogen and oxygen atoms in total. The van der Waals surface area contributed by atoms with E-state index < -0.39 is 40.8 Å². The maximum atomic E-state index is 13.8. The smallest absolute Gasteiger partial charge is 0.269 e. The molecular weight excluding hydrogens is 640 g/mol. The number of non-ortho nitro benzene ring substituents is 1. The molecule has 48 heavy (non-hydrogen) atoms. The SMILES string of the molecule is Cl.N=C(N)NCCC[C@H](NC(=O)[C@H](Cc1ccccc1)NC(=O)[C@@H]1CCCN1C(=O)c1ccccc1)C(=O)Nc1ccc([N+](=O)[O-])cc1. The van der Waals surface area contributed by atoms with E-state index >= 15 is 0 Å². The van der Waals surface area contributed by atoms with Crippen LogP contribution in [0.15, 0.2) is 84.9 Å². The lowest BCUT2D eigenvalue weighted by atomic mass is 10.0. The van der Waals surface area contributed by atoms with Crippen LogP contribution in [-0.4, -0.2) is 70.6 Å². The normalized spacial score (nSPS) is 14.8. The minimum Gasteiger partial charge on any atom is -0.370 e. The summed E-state index contributed by atoms with van der Waals surface area (Å²) in [5.41, 5.74) is 6.75. The molecule has 0 spiro atoms. The Balaban J connectivity index is 0.00000625. The molecule has 4 rings (SSSR count). The Morgan fingerprint density at radius 1 is 0.917 bits per heavy atom. The highest BCUT2D eigenvalue weighted by molar-refractivity contribution is 6.00. The van der Waals surface area contributed by atoms with Gasteiger partial charge in [0, 0.05) is 42.9 Å². The minimum atomic E-state index is -1.08. The van der Waals surface area contributed by atoms with Crippen LogP contribution < -0.4 is 27.0 Å². The fourth-order valence-corrected chi connectivity index (χ4v) is 5.32. The van der Waals surface area contributed by atoms with E-state index in [0.29, 0.717) is 37.1 Å². The molecule has 3 aromatic carbocycles. The van der Waals surface area contributed by atoms with Gasteiger partial charge in [0.05, 0.1) is 4.92 Å². The number of nitro benzene ring substituents is 1. The van der Waals surface area contributed by atoms with Gasteiger partial charge in [0.25, 0.3) is 11.6 Å². The van der Waals surface area contributed by atoms with Gasteiger partial charge in [-0.1, -0.05) is 48.5 Å². The van der Waals surface area contributed by atoms with E-state index in [1.165, 1.54) is 29.2 Å². The number of amides is 4. The van der Waals surface area contributed by atoms with Crippen molar-refractivity contribution in [3.63, 3.8) is 0 Å². The van der Waals surface area contributed by atoms with Gasteiger partial charge in [-0.15, -0.1) is 12.4 Å². The van der Waals surface area contributed by atoms with Gasteiger partial charge in [0.2, 0.25) is 17.7 Å². The predicted octanol–water partition coefficient (Wildman–Crippen LogP) is 2.74. The van der Waals surface area contributed by atoms with Gasteiger partial charge in [-0.25, -0.2) is 0 Å². The third-order valence-electron chi connectivity index (χ3n) is 7.72. The van der Waals surface area contributed by atoms with E-state index in [-0.39, 0.29) is 49.3 Å². The van der Waals surface area contributed by atoms with Crippen molar-refractivity contribution in [3.8, 4) is 0 Å². The Labute approximate surface area is 283 Å². The van der Waals surface area contributed by atoms with Gasteiger partial charge in [-0.2, -0.15) is 0 Å². The van der Waals surface area contributed by atoms with E-state index in [4.69, 9.17) is 11.1 Å². The van der Waals surface area contributed by atoms with Crippen LogP contribution in [0.5, 0.6) is 0 Å². The first-order chi connectivity index (χ1) is 22.6. The van der Waals surface area contributed by atoms with Gasteiger partial charge >= 0.3 is 0 Å². The Morgan fingerprint density at radius 3 is 2.19 bits per heavy atom. The zero-order valence-electron chi connectivity index (χ0n) is 26.1. The van der Waals surface area contributed by atoms with Gasteiger partial charge in [-0.3, -0.25) is 34.7 Å². The number of benzene rings is 3. The lowest BCUT2D eigenvalue weighted by Gasteiger charge is -2.27. The topological polar surface area (TPSA) is 213 Å². The monoisotopic (exact) mass is 678 g/mol. The lowest BCUT2D eigenvalue weighted by molar-refractivity contribution is -0.384. The molecule has 4 amide bonds. The van der Waals surface area contributed by atoms with E-state index in [0.717, 1.165) is 5.56 Å². The Morgan fingerprint density at radius 2 is 1.56 bits per heavy atom. The first kappa shape index (κ1) is 37.0. The minimum absolute atomic E-state index is 0. The summed E-state index contributed by atoms with van der Waals surface area (Å²) in [6.07, 6.45) is 1.70. The average molecular weight is 679 g/mol. The molecule has 7 N–H and O–H groups in total. The summed E-state index contributed by atoms with van der Waals surface area (Å²) in [5.74, 6) is -2.16. The molecule has 1 saturated heterocycles. The van der Waals surface area contributed by atoms with Crippen molar-refractivity contribution >= 4 is 53.4 Å². The summed E-state index contributed by atoms with van der Waals surface area (Å²) < 4.78 is 0. The standard InChI is InChI=1S/C33H38N8O6.ClH/c34-33(35)36-19-7-13-26(29(42)37-24-15-17-25(18-16-24)41(46)47)38-30(43)27(21-22-9-3-1-4-10-22)39-31(44)28-14-8-20-40(28)32(45)23-11-5-2-6-12-23;/h1-6,9-12,15-18,26-28H,7-8,13-14,19-21H2,(H,37,42)(H,38,43)(H,39,44)(H4,34,35,36);1H/t26-,27-,28-;/m0./s1. The molecule has 3 aromatic rings. The number of nitrogens with two attached hydrogens (primary N) is 1. The van der Waals surface area contributed by atoms with Crippen LogP contribution in [0.1, 0.15) is 41.6 Å². The van der Waals surface area contributed by atoms with Crippen molar-refractivity contribution in [2.75, 3.05) is 18.4 Å². The van der Waals surface area contributed by atoms with Crippen molar-refractivity contribution in [2.45, 2.75) is 50.2 Å². The second kappa shape index (κ2) is 18.0. The highest BCUT2D eigenvalue weighted by Gasteiger charge is 2.37. The Bertz CT molecular complexity index is 1580. The van der Waals surface area contributed by atoms with Crippen LogP contribution >= 0.6 is 12.4 Å². The first-order valence-electron chi connectivity index (χ1n) is 15.3. The van der Waals surface area contributed by atoms with Gasteiger partial charge < -0.3 is 31.9 Å². The molecule has 0 bridgehead atoms. The molecule has 1 heterocycles. The highest BCUT2D eigenvalue weighted by Crippen LogP contribution is 2.21. The molecule has 1 aliphatic rings. The number of rotatable bonds is 14. The molecule has 15 heteroatoms. The molecule has 1 fully saturated rings. The summed E-state index contributed by atoms with van der Waals surface area (Å²) in [7, 11) is 0. The molecule has 0 aromatic heterocycles. The van der Waals surface area contributed by atoms with E-state index in [2.05, 4.69) is 21.3 Å². The van der Waals surface area contributed by atoms with Crippen LogP contribution in [0.25, 0.3) is 0 Å². The quantitative estimate of drug-likeness (QED) is 0.0489. The number of halogens is 1. The van der Waals surface area contributed by atoms with Crippen LogP contribution in [-0.2, 0) is 20.8 Å². The molecule has 0 radical (unpaired) electrons. The molecule has 3 atom stereocenters. The molecule has 254 valence electrons. The van der Waals surface area contributed by atoms with E-state index in [1.54, 1.807) is 30.3 Å². The Kier molecular flexibility index (Phi) is 13.9. The summed E-state index contributed by atoms with van der Waals surface area (Å²) in [6, 6.07) is 20.1. The fourth-order valence-electron chi connectivity index (χ4n) is 5.32. The second-order valence-electron chi connectivity index (χ2n) is 11.1. The highest BCUT2D eigenvalue weighted by atomic mass is 35.5. The summed E-state index contributed by atoms with van der Waals surface area (Å²) in [5, 5.41) is 29.3. The number of anilines is 1. The van der Waals surface area contributed by atoms with Gasteiger partial charge in [0.15, 0.2) is 5.96 Å². The number of nitro groups is 1. The van der Waals surface area contributed by atoms with Crippen LogP contribution in [0, 0.1) is 15.5 Å².